The molecular formula is C21H23N3O3. The van der Waals surface area contributed by atoms with E-state index in [9.17, 15) is 14.4 Å². The summed E-state index contributed by atoms with van der Waals surface area (Å²) in [6.07, 6.45) is 1.46. The molecule has 0 spiro atoms. The van der Waals surface area contributed by atoms with Crippen LogP contribution in [0.25, 0.3) is 0 Å². The lowest BCUT2D eigenvalue weighted by Crippen LogP contribution is -2.46. The summed E-state index contributed by atoms with van der Waals surface area (Å²) in [6, 6.07) is 16.1. The molecule has 1 aliphatic rings. The summed E-state index contributed by atoms with van der Waals surface area (Å²) in [6.45, 7) is 2.65. The summed E-state index contributed by atoms with van der Waals surface area (Å²) < 4.78 is 0. The molecule has 6 heteroatoms. The van der Waals surface area contributed by atoms with Crippen molar-refractivity contribution in [3.63, 3.8) is 0 Å². The smallest absolute Gasteiger partial charge is 0.253 e. The molecule has 0 aromatic heterocycles. The highest BCUT2D eigenvalue weighted by Crippen LogP contribution is 2.16. The Hall–Kier alpha value is -3.15. The summed E-state index contributed by atoms with van der Waals surface area (Å²) in [7, 11) is 0. The lowest BCUT2D eigenvalue weighted by Gasteiger charge is -2.32. The first-order valence-electron chi connectivity index (χ1n) is 9.06. The molecule has 3 rings (SSSR count). The quantitative estimate of drug-likeness (QED) is 0.874. The molecule has 27 heavy (non-hydrogen) atoms. The molecular weight excluding hydrogens is 342 g/mol. The Balaban J connectivity index is 1.52. The van der Waals surface area contributed by atoms with Gasteiger partial charge in [0.1, 0.15) is 0 Å². The zero-order chi connectivity index (χ0) is 19.2. The van der Waals surface area contributed by atoms with Gasteiger partial charge in [0.05, 0.1) is 0 Å². The van der Waals surface area contributed by atoms with Crippen LogP contribution in [0.5, 0.6) is 0 Å². The highest BCUT2D eigenvalue weighted by atomic mass is 16.2. The zero-order valence-corrected chi connectivity index (χ0v) is 15.3. The average Bonchev–Trinajstić information content (AvgIpc) is 2.69. The van der Waals surface area contributed by atoms with Gasteiger partial charge < -0.3 is 15.5 Å². The maximum Gasteiger partial charge on any atom is 0.253 e. The van der Waals surface area contributed by atoms with Crippen molar-refractivity contribution in [3.8, 4) is 0 Å². The molecule has 2 aromatic carbocycles. The van der Waals surface area contributed by atoms with Gasteiger partial charge >= 0.3 is 0 Å². The molecule has 1 fully saturated rings. The minimum Gasteiger partial charge on any atom is -0.349 e. The van der Waals surface area contributed by atoms with Gasteiger partial charge in [-0.2, -0.15) is 0 Å². The fourth-order valence-corrected chi connectivity index (χ4v) is 3.17. The van der Waals surface area contributed by atoms with Gasteiger partial charge in [0.2, 0.25) is 5.91 Å². The normalized spacial score (nSPS) is 14.5. The van der Waals surface area contributed by atoms with Crippen LogP contribution in [-0.4, -0.2) is 41.8 Å². The van der Waals surface area contributed by atoms with Crippen LogP contribution < -0.4 is 10.6 Å². The van der Waals surface area contributed by atoms with Crippen molar-refractivity contribution in [1.29, 1.82) is 0 Å². The Morgan fingerprint density at radius 3 is 2.11 bits per heavy atom. The molecule has 0 aliphatic carbocycles. The second kappa shape index (κ2) is 8.49. The zero-order valence-electron chi connectivity index (χ0n) is 15.3. The molecule has 1 heterocycles. The van der Waals surface area contributed by atoms with Crippen LogP contribution >= 0.6 is 0 Å². The number of nitrogens with one attached hydrogen (secondary N) is 2. The molecule has 140 valence electrons. The number of piperidine rings is 1. The first-order chi connectivity index (χ1) is 13.0. The molecule has 0 radical (unpaired) electrons. The fourth-order valence-electron chi connectivity index (χ4n) is 3.17. The van der Waals surface area contributed by atoms with Gasteiger partial charge in [-0.05, 0) is 49.2 Å². The Morgan fingerprint density at radius 2 is 1.52 bits per heavy atom. The number of hydrogen-bond donors (Lipinski definition) is 2. The molecule has 1 saturated heterocycles. The summed E-state index contributed by atoms with van der Waals surface area (Å²) >= 11 is 0. The first-order valence-corrected chi connectivity index (χ1v) is 9.06. The number of hydrogen-bond acceptors (Lipinski definition) is 3. The maximum absolute atomic E-state index is 12.6. The van der Waals surface area contributed by atoms with Crippen molar-refractivity contribution >= 4 is 23.4 Å². The fraction of sp³-hybridized carbons (Fsp3) is 0.286. The van der Waals surface area contributed by atoms with E-state index in [4.69, 9.17) is 0 Å². The van der Waals surface area contributed by atoms with Gasteiger partial charge in [0.25, 0.3) is 11.8 Å². The maximum atomic E-state index is 12.6. The lowest BCUT2D eigenvalue weighted by atomic mass is 10.0. The standard InChI is InChI=1S/C21H23N3O3/c1-15(25)22-18-9-7-17(8-10-18)21(27)24-13-11-19(12-14-24)23-20(26)16-5-3-2-4-6-16/h2-10,19H,11-14H2,1H3,(H,22,25)(H,23,26). The number of nitrogens with zero attached hydrogens (tertiary/aromatic N) is 1. The van der Waals surface area contributed by atoms with Gasteiger partial charge in [0.15, 0.2) is 0 Å². The van der Waals surface area contributed by atoms with Crippen LogP contribution in [0.3, 0.4) is 0 Å². The SMILES string of the molecule is CC(=O)Nc1ccc(C(=O)N2CCC(NC(=O)c3ccccc3)CC2)cc1. The highest BCUT2D eigenvalue weighted by Gasteiger charge is 2.24. The summed E-state index contributed by atoms with van der Waals surface area (Å²) in [4.78, 5) is 37.7. The van der Waals surface area contributed by atoms with E-state index < -0.39 is 0 Å². The van der Waals surface area contributed by atoms with Crippen LogP contribution in [0.2, 0.25) is 0 Å². The molecule has 3 amide bonds. The van der Waals surface area contributed by atoms with Crippen molar-refractivity contribution in [2.45, 2.75) is 25.8 Å². The van der Waals surface area contributed by atoms with E-state index >= 15 is 0 Å². The third-order valence-corrected chi connectivity index (χ3v) is 4.61. The third-order valence-electron chi connectivity index (χ3n) is 4.61. The number of anilines is 1. The highest BCUT2D eigenvalue weighted by molar-refractivity contribution is 5.96. The molecule has 2 N–H and O–H groups in total. The molecule has 6 nitrogen and oxygen atoms in total. The number of benzene rings is 2. The number of likely N-dealkylation sites (tertiary alicyclic amines) is 1. The predicted molar refractivity (Wildman–Crippen MR) is 104 cm³/mol. The van der Waals surface area contributed by atoms with Gasteiger partial charge in [-0.1, -0.05) is 18.2 Å². The van der Waals surface area contributed by atoms with E-state index in [2.05, 4.69) is 10.6 Å². The summed E-state index contributed by atoms with van der Waals surface area (Å²) in [5, 5.41) is 5.73. The molecule has 0 saturated carbocycles. The van der Waals surface area contributed by atoms with Gasteiger partial charge in [-0.15, -0.1) is 0 Å². The number of rotatable bonds is 4. The van der Waals surface area contributed by atoms with Crippen LogP contribution in [-0.2, 0) is 4.79 Å². The lowest BCUT2D eigenvalue weighted by molar-refractivity contribution is -0.114. The molecule has 0 bridgehead atoms. The van der Waals surface area contributed by atoms with E-state index in [0.29, 0.717) is 29.9 Å². The average molecular weight is 365 g/mol. The van der Waals surface area contributed by atoms with Gasteiger partial charge in [-0.25, -0.2) is 0 Å². The number of carbonyl (C=O) groups is 3. The monoisotopic (exact) mass is 365 g/mol. The van der Waals surface area contributed by atoms with Crippen molar-refractivity contribution in [1.82, 2.24) is 10.2 Å². The molecule has 2 aromatic rings. The van der Waals surface area contributed by atoms with Crippen LogP contribution in [0, 0.1) is 0 Å². The van der Waals surface area contributed by atoms with E-state index in [1.54, 1.807) is 41.3 Å². The van der Waals surface area contributed by atoms with Crippen LogP contribution in [0.15, 0.2) is 54.6 Å². The third kappa shape index (κ3) is 4.94. The molecule has 0 unspecified atom stereocenters. The van der Waals surface area contributed by atoms with Crippen molar-refractivity contribution < 1.29 is 14.4 Å². The molecule has 1 aliphatic heterocycles. The predicted octanol–water partition coefficient (Wildman–Crippen LogP) is 2.68. The van der Waals surface area contributed by atoms with Crippen molar-refractivity contribution in [2.75, 3.05) is 18.4 Å². The second-order valence-electron chi connectivity index (χ2n) is 6.66. The summed E-state index contributed by atoms with van der Waals surface area (Å²) in [5.74, 6) is -0.250. The van der Waals surface area contributed by atoms with Crippen molar-refractivity contribution in [3.05, 3.63) is 65.7 Å². The minimum absolute atomic E-state index is 0.0304. The largest absolute Gasteiger partial charge is 0.349 e. The summed E-state index contributed by atoms with van der Waals surface area (Å²) in [5.41, 5.74) is 1.91. The van der Waals surface area contributed by atoms with Gasteiger partial charge in [-0.3, -0.25) is 14.4 Å². The Kier molecular flexibility index (Phi) is 5.86. The number of carbonyl (C=O) groups excluding carboxylic acids is 3. The van der Waals surface area contributed by atoms with E-state index in [-0.39, 0.29) is 23.8 Å². The van der Waals surface area contributed by atoms with E-state index in [1.165, 1.54) is 6.92 Å². The van der Waals surface area contributed by atoms with E-state index in [1.807, 2.05) is 18.2 Å². The Bertz CT molecular complexity index is 810. The van der Waals surface area contributed by atoms with Crippen molar-refractivity contribution in [2.24, 2.45) is 0 Å². The van der Waals surface area contributed by atoms with Crippen LogP contribution in [0.4, 0.5) is 5.69 Å². The van der Waals surface area contributed by atoms with Gasteiger partial charge in [0, 0.05) is 42.9 Å². The Morgan fingerprint density at radius 1 is 0.889 bits per heavy atom. The van der Waals surface area contributed by atoms with Crippen LogP contribution in [0.1, 0.15) is 40.5 Å². The Labute approximate surface area is 158 Å². The van der Waals surface area contributed by atoms with E-state index in [0.717, 1.165) is 12.8 Å². The second-order valence-corrected chi connectivity index (χ2v) is 6.66. The first kappa shape index (κ1) is 18.6. The number of amides is 3. The minimum atomic E-state index is -0.145. The topological polar surface area (TPSA) is 78.5 Å². The molecule has 0 atom stereocenters.